The molecule has 0 saturated heterocycles. The summed E-state index contributed by atoms with van der Waals surface area (Å²) >= 11 is 0. The first-order chi connectivity index (χ1) is 9.24. The number of fused-ring (bicyclic) bond motifs is 1. The molecule has 3 nitrogen and oxygen atoms in total. The SMILES string of the molecule is CCCCCCCC1=Nc2ccccc2C(=O)C1O. The number of nitrogens with zero attached hydrogens (tertiary/aromatic N) is 1. The van der Waals surface area contributed by atoms with E-state index in [0.29, 0.717) is 23.4 Å². The molecule has 19 heavy (non-hydrogen) atoms. The summed E-state index contributed by atoms with van der Waals surface area (Å²) in [6.07, 6.45) is 5.48. The van der Waals surface area contributed by atoms with E-state index in [1.807, 2.05) is 12.1 Å². The Morgan fingerprint density at radius 3 is 2.68 bits per heavy atom. The van der Waals surface area contributed by atoms with Crippen LogP contribution in [0.2, 0.25) is 0 Å². The Morgan fingerprint density at radius 1 is 1.16 bits per heavy atom. The smallest absolute Gasteiger partial charge is 0.199 e. The van der Waals surface area contributed by atoms with Crippen LogP contribution in [0.5, 0.6) is 0 Å². The summed E-state index contributed by atoms with van der Waals surface area (Å²) in [5.41, 5.74) is 1.85. The van der Waals surface area contributed by atoms with Gasteiger partial charge in [0.1, 0.15) is 0 Å². The van der Waals surface area contributed by atoms with Crippen molar-refractivity contribution in [3.63, 3.8) is 0 Å². The van der Waals surface area contributed by atoms with Gasteiger partial charge in [-0.15, -0.1) is 0 Å². The van der Waals surface area contributed by atoms with Crippen molar-refractivity contribution in [1.82, 2.24) is 0 Å². The lowest BCUT2D eigenvalue weighted by molar-refractivity contribution is 0.0838. The highest BCUT2D eigenvalue weighted by Crippen LogP contribution is 2.27. The zero-order valence-corrected chi connectivity index (χ0v) is 11.4. The van der Waals surface area contributed by atoms with Crippen molar-refractivity contribution < 1.29 is 9.90 Å². The molecule has 0 aliphatic carbocycles. The van der Waals surface area contributed by atoms with Gasteiger partial charge < -0.3 is 5.11 Å². The van der Waals surface area contributed by atoms with E-state index < -0.39 is 6.10 Å². The summed E-state index contributed by atoms with van der Waals surface area (Å²) in [4.78, 5) is 16.5. The summed E-state index contributed by atoms with van der Waals surface area (Å²) in [5, 5.41) is 10.0. The molecular formula is C16H21NO2. The second-order valence-corrected chi connectivity index (χ2v) is 5.05. The van der Waals surface area contributed by atoms with Gasteiger partial charge in [-0.3, -0.25) is 9.79 Å². The Balaban J connectivity index is 2.01. The number of carbonyl (C=O) groups excluding carboxylic acids is 1. The molecule has 0 amide bonds. The first-order valence-corrected chi connectivity index (χ1v) is 7.12. The van der Waals surface area contributed by atoms with Crippen LogP contribution in [0, 0.1) is 0 Å². The van der Waals surface area contributed by atoms with E-state index in [4.69, 9.17) is 0 Å². The molecule has 0 saturated carbocycles. The molecule has 2 rings (SSSR count). The number of para-hydroxylation sites is 1. The van der Waals surface area contributed by atoms with Gasteiger partial charge in [0.25, 0.3) is 0 Å². The van der Waals surface area contributed by atoms with Crippen LogP contribution in [0.15, 0.2) is 29.3 Å². The predicted molar refractivity (Wildman–Crippen MR) is 77.3 cm³/mol. The molecule has 0 aromatic heterocycles. The van der Waals surface area contributed by atoms with Gasteiger partial charge in [-0.05, 0) is 25.0 Å². The maximum Gasteiger partial charge on any atom is 0.199 e. The molecule has 1 atom stereocenters. The lowest BCUT2D eigenvalue weighted by Gasteiger charge is -2.19. The largest absolute Gasteiger partial charge is 0.379 e. The number of rotatable bonds is 6. The highest BCUT2D eigenvalue weighted by atomic mass is 16.3. The van der Waals surface area contributed by atoms with E-state index >= 15 is 0 Å². The molecule has 0 radical (unpaired) electrons. The molecule has 102 valence electrons. The van der Waals surface area contributed by atoms with Gasteiger partial charge in [-0.1, -0.05) is 44.7 Å². The van der Waals surface area contributed by atoms with E-state index in [0.717, 1.165) is 12.8 Å². The minimum Gasteiger partial charge on any atom is -0.379 e. The minimum atomic E-state index is -1.04. The lowest BCUT2D eigenvalue weighted by Crippen LogP contribution is -2.32. The quantitative estimate of drug-likeness (QED) is 0.792. The maximum atomic E-state index is 12.0. The van der Waals surface area contributed by atoms with Gasteiger partial charge in [0, 0.05) is 5.56 Å². The molecule has 1 heterocycles. The van der Waals surface area contributed by atoms with Crippen LogP contribution in [-0.4, -0.2) is 22.7 Å². The molecule has 1 aliphatic heterocycles. The normalized spacial score (nSPS) is 18.1. The van der Waals surface area contributed by atoms with Gasteiger partial charge in [0.15, 0.2) is 11.9 Å². The van der Waals surface area contributed by atoms with Gasteiger partial charge in [-0.2, -0.15) is 0 Å². The number of hydrogen-bond acceptors (Lipinski definition) is 3. The number of carbonyl (C=O) groups is 1. The number of Topliss-reactive ketones (excluding diaryl/α,β-unsaturated/α-hetero) is 1. The zero-order valence-electron chi connectivity index (χ0n) is 11.4. The summed E-state index contributed by atoms with van der Waals surface area (Å²) in [7, 11) is 0. The third kappa shape index (κ3) is 3.29. The fraction of sp³-hybridized carbons (Fsp3) is 0.500. The van der Waals surface area contributed by atoms with E-state index in [1.54, 1.807) is 12.1 Å². The van der Waals surface area contributed by atoms with E-state index in [2.05, 4.69) is 11.9 Å². The molecule has 1 N–H and O–H groups in total. The van der Waals surface area contributed by atoms with Crippen molar-refractivity contribution >= 4 is 17.2 Å². The highest BCUT2D eigenvalue weighted by Gasteiger charge is 2.28. The van der Waals surface area contributed by atoms with Crippen LogP contribution < -0.4 is 0 Å². The van der Waals surface area contributed by atoms with Crippen LogP contribution >= 0.6 is 0 Å². The summed E-state index contributed by atoms with van der Waals surface area (Å²) in [5.74, 6) is -0.214. The Labute approximate surface area is 114 Å². The molecule has 1 unspecified atom stereocenters. The van der Waals surface area contributed by atoms with Gasteiger partial charge in [0.05, 0.1) is 11.4 Å². The first kappa shape index (κ1) is 13.9. The number of aliphatic hydroxyl groups is 1. The Hall–Kier alpha value is -1.48. The third-order valence-corrected chi connectivity index (χ3v) is 3.53. The van der Waals surface area contributed by atoms with Crippen molar-refractivity contribution in [2.75, 3.05) is 0 Å². The van der Waals surface area contributed by atoms with Crippen molar-refractivity contribution in [2.45, 2.75) is 51.6 Å². The van der Waals surface area contributed by atoms with Crippen LogP contribution in [-0.2, 0) is 0 Å². The fourth-order valence-electron chi connectivity index (χ4n) is 2.40. The number of ketones is 1. The van der Waals surface area contributed by atoms with Crippen molar-refractivity contribution in [3.05, 3.63) is 29.8 Å². The van der Waals surface area contributed by atoms with E-state index in [9.17, 15) is 9.90 Å². The van der Waals surface area contributed by atoms with Crippen molar-refractivity contribution in [1.29, 1.82) is 0 Å². The fourth-order valence-corrected chi connectivity index (χ4v) is 2.40. The zero-order chi connectivity index (χ0) is 13.7. The topological polar surface area (TPSA) is 49.7 Å². The predicted octanol–water partition coefficient (Wildman–Crippen LogP) is 3.68. The maximum absolute atomic E-state index is 12.0. The second-order valence-electron chi connectivity index (χ2n) is 5.05. The number of benzene rings is 1. The molecule has 1 aromatic carbocycles. The van der Waals surface area contributed by atoms with Crippen LogP contribution in [0.4, 0.5) is 5.69 Å². The number of unbranched alkanes of at least 4 members (excludes halogenated alkanes) is 4. The van der Waals surface area contributed by atoms with Gasteiger partial charge >= 0.3 is 0 Å². The van der Waals surface area contributed by atoms with Gasteiger partial charge in [-0.25, -0.2) is 0 Å². The Morgan fingerprint density at radius 2 is 1.89 bits per heavy atom. The van der Waals surface area contributed by atoms with Crippen molar-refractivity contribution in [2.24, 2.45) is 4.99 Å². The molecular weight excluding hydrogens is 238 g/mol. The first-order valence-electron chi connectivity index (χ1n) is 7.12. The monoisotopic (exact) mass is 259 g/mol. The Bertz CT molecular complexity index is 479. The molecule has 3 heteroatoms. The molecule has 1 aromatic rings. The number of hydrogen-bond donors (Lipinski definition) is 1. The average Bonchev–Trinajstić information content (AvgIpc) is 2.44. The summed E-state index contributed by atoms with van der Waals surface area (Å²) < 4.78 is 0. The molecule has 0 bridgehead atoms. The standard InChI is InChI=1S/C16H21NO2/c1-2-3-4-5-6-11-14-16(19)15(18)12-9-7-8-10-13(12)17-14/h7-10,16,19H,2-6,11H2,1H3. The molecule has 0 fully saturated rings. The van der Waals surface area contributed by atoms with E-state index in [1.165, 1.54) is 19.3 Å². The van der Waals surface area contributed by atoms with E-state index in [-0.39, 0.29) is 5.78 Å². The Kier molecular flexibility index (Phi) is 4.86. The van der Waals surface area contributed by atoms with Crippen LogP contribution in [0.3, 0.4) is 0 Å². The van der Waals surface area contributed by atoms with Gasteiger partial charge in [0.2, 0.25) is 0 Å². The summed E-state index contributed by atoms with van der Waals surface area (Å²) in [6.45, 7) is 2.19. The lowest BCUT2D eigenvalue weighted by atomic mass is 9.94. The highest BCUT2D eigenvalue weighted by molar-refractivity contribution is 6.20. The number of aliphatic imine (C=N–C) groups is 1. The number of aliphatic hydroxyl groups excluding tert-OH is 1. The third-order valence-electron chi connectivity index (χ3n) is 3.53. The van der Waals surface area contributed by atoms with Crippen LogP contribution in [0.25, 0.3) is 0 Å². The van der Waals surface area contributed by atoms with Crippen molar-refractivity contribution in [3.8, 4) is 0 Å². The molecule has 0 spiro atoms. The summed E-state index contributed by atoms with van der Waals surface area (Å²) in [6, 6.07) is 7.22. The second kappa shape index (κ2) is 6.62. The van der Waals surface area contributed by atoms with Crippen LogP contribution in [0.1, 0.15) is 55.8 Å². The molecule has 1 aliphatic rings. The average molecular weight is 259 g/mol. The minimum absolute atomic E-state index is 0.214.